The summed E-state index contributed by atoms with van der Waals surface area (Å²) < 4.78 is 0. The van der Waals surface area contributed by atoms with Crippen LogP contribution >= 0.6 is 0 Å². The van der Waals surface area contributed by atoms with Gasteiger partial charge in [-0.05, 0) is 33.7 Å². The predicted octanol–water partition coefficient (Wildman–Crippen LogP) is 2.23. The molecule has 0 aliphatic rings. The van der Waals surface area contributed by atoms with E-state index in [2.05, 4.69) is 32.6 Å². The normalized spacial score (nSPS) is 14.1. The molecule has 0 spiro atoms. The summed E-state index contributed by atoms with van der Waals surface area (Å²) in [6.07, 6.45) is 3.94. The van der Waals surface area contributed by atoms with Gasteiger partial charge in [-0.25, -0.2) is 0 Å². The van der Waals surface area contributed by atoms with Crippen LogP contribution in [0.15, 0.2) is 0 Å². The predicted molar refractivity (Wildman–Crippen MR) is 59.9 cm³/mol. The second kappa shape index (κ2) is 7.34. The molecule has 0 aromatic carbocycles. The van der Waals surface area contributed by atoms with E-state index in [1.165, 1.54) is 25.8 Å². The van der Waals surface area contributed by atoms with Gasteiger partial charge in [0.05, 0.1) is 0 Å². The van der Waals surface area contributed by atoms with E-state index in [9.17, 15) is 0 Å². The minimum Gasteiger partial charge on any atom is -0.327 e. The SMILES string of the molecule is CCCCCN(C[C@H](C)N)C(C)C. The first kappa shape index (κ1) is 12.9. The van der Waals surface area contributed by atoms with Gasteiger partial charge in [0.25, 0.3) is 0 Å². The van der Waals surface area contributed by atoms with Gasteiger partial charge >= 0.3 is 0 Å². The molecular weight excluding hydrogens is 160 g/mol. The molecule has 0 bridgehead atoms. The lowest BCUT2D eigenvalue weighted by Gasteiger charge is -2.27. The van der Waals surface area contributed by atoms with Gasteiger partial charge in [-0.15, -0.1) is 0 Å². The van der Waals surface area contributed by atoms with E-state index >= 15 is 0 Å². The van der Waals surface area contributed by atoms with Crippen LogP contribution in [0.25, 0.3) is 0 Å². The lowest BCUT2D eigenvalue weighted by molar-refractivity contribution is 0.207. The average Bonchev–Trinajstić information content (AvgIpc) is 2.02. The molecule has 2 heteroatoms. The fourth-order valence-electron chi connectivity index (χ4n) is 1.50. The zero-order valence-corrected chi connectivity index (χ0v) is 9.71. The highest BCUT2D eigenvalue weighted by Gasteiger charge is 2.09. The van der Waals surface area contributed by atoms with E-state index in [0.29, 0.717) is 12.1 Å². The number of nitrogens with two attached hydrogens (primary N) is 1. The fraction of sp³-hybridized carbons (Fsp3) is 1.00. The van der Waals surface area contributed by atoms with Crippen molar-refractivity contribution >= 4 is 0 Å². The molecule has 0 aliphatic carbocycles. The Morgan fingerprint density at radius 3 is 2.15 bits per heavy atom. The van der Waals surface area contributed by atoms with Crippen LogP contribution in [0, 0.1) is 0 Å². The average molecular weight is 186 g/mol. The standard InChI is InChI=1S/C11H26N2/c1-5-6-7-8-13(10(2)3)9-11(4)12/h10-11H,5-9,12H2,1-4H3/t11-/m0/s1. The maximum Gasteiger partial charge on any atom is 0.0139 e. The molecule has 0 saturated carbocycles. The van der Waals surface area contributed by atoms with Crippen LogP contribution in [0.2, 0.25) is 0 Å². The number of hydrogen-bond donors (Lipinski definition) is 1. The Labute approximate surface area is 83.5 Å². The van der Waals surface area contributed by atoms with E-state index in [1.54, 1.807) is 0 Å². The quantitative estimate of drug-likeness (QED) is 0.618. The minimum atomic E-state index is 0.295. The van der Waals surface area contributed by atoms with Crippen LogP contribution in [-0.2, 0) is 0 Å². The Balaban J connectivity index is 3.67. The first-order valence-corrected chi connectivity index (χ1v) is 5.57. The van der Waals surface area contributed by atoms with Crippen molar-refractivity contribution in [3.05, 3.63) is 0 Å². The van der Waals surface area contributed by atoms with Crippen molar-refractivity contribution in [3.63, 3.8) is 0 Å². The van der Waals surface area contributed by atoms with E-state index < -0.39 is 0 Å². The Hall–Kier alpha value is -0.0800. The van der Waals surface area contributed by atoms with Gasteiger partial charge in [-0.2, -0.15) is 0 Å². The third-order valence-electron chi connectivity index (χ3n) is 2.30. The molecule has 80 valence electrons. The zero-order chi connectivity index (χ0) is 10.3. The molecule has 13 heavy (non-hydrogen) atoms. The topological polar surface area (TPSA) is 29.3 Å². The summed E-state index contributed by atoms with van der Waals surface area (Å²) in [5.41, 5.74) is 5.79. The number of unbranched alkanes of at least 4 members (excludes halogenated alkanes) is 2. The van der Waals surface area contributed by atoms with Gasteiger partial charge in [-0.1, -0.05) is 19.8 Å². The molecule has 0 saturated heterocycles. The van der Waals surface area contributed by atoms with Gasteiger partial charge in [-0.3, -0.25) is 4.90 Å². The first-order valence-electron chi connectivity index (χ1n) is 5.57. The van der Waals surface area contributed by atoms with Crippen LogP contribution in [-0.4, -0.2) is 30.1 Å². The Kier molecular flexibility index (Phi) is 7.29. The smallest absolute Gasteiger partial charge is 0.0139 e. The Bertz CT molecular complexity index is 111. The Morgan fingerprint density at radius 1 is 1.15 bits per heavy atom. The zero-order valence-electron chi connectivity index (χ0n) is 9.71. The van der Waals surface area contributed by atoms with E-state index in [1.807, 2.05) is 0 Å². The molecule has 0 amide bonds. The summed E-state index contributed by atoms with van der Waals surface area (Å²) in [7, 11) is 0. The molecule has 0 heterocycles. The van der Waals surface area contributed by atoms with Crippen molar-refractivity contribution in [2.75, 3.05) is 13.1 Å². The summed E-state index contributed by atoms with van der Waals surface area (Å²) in [5.74, 6) is 0. The van der Waals surface area contributed by atoms with E-state index in [4.69, 9.17) is 5.73 Å². The number of rotatable bonds is 7. The third kappa shape index (κ3) is 7.03. The Morgan fingerprint density at radius 2 is 1.77 bits per heavy atom. The molecular formula is C11H26N2. The van der Waals surface area contributed by atoms with Crippen molar-refractivity contribution in [1.82, 2.24) is 4.90 Å². The number of hydrogen-bond acceptors (Lipinski definition) is 2. The van der Waals surface area contributed by atoms with Crippen LogP contribution in [0.3, 0.4) is 0 Å². The van der Waals surface area contributed by atoms with Crippen LogP contribution in [0.4, 0.5) is 0 Å². The minimum absolute atomic E-state index is 0.295. The van der Waals surface area contributed by atoms with Crippen molar-refractivity contribution in [3.8, 4) is 0 Å². The molecule has 1 atom stereocenters. The fourth-order valence-corrected chi connectivity index (χ4v) is 1.50. The second-order valence-corrected chi connectivity index (χ2v) is 4.27. The van der Waals surface area contributed by atoms with Gasteiger partial charge in [0.2, 0.25) is 0 Å². The molecule has 0 fully saturated rings. The molecule has 0 aromatic rings. The maximum absolute atomic E-state index is 5.79. The largest absolute Gasteiger partial charge is 0.327 e. The molecule has 0 radical (unpaired) electrons. The molecule has 0 aromatic heterocycles. The lowest BCUT2D eigenvalue weighted by atomic mass is 10.2. The van der Waals surface area contributed by atoms with Crippen LogP contribution in [0.1, 0.15) is 47.0 Å². The summed E-state index contributed by atoms with van der Waals surface area (Å²) >= 11 is 0. The second-order valence-electron chi connectivity index (χ2n) is 4.27. The summed E-state index contributed by atoms with van der Waals surface area (Å²) in [4.78, 5) is 2.47. The van der Waals surface area contributed by atoms with Gasteiger partial charge in [0.15, 0.2) is 0 Å². The van der Waals surface area contributed by atoms with Gasteiger partial charge in [0.1, 0.15) is 0 Å². The highest BCUT2D eigenvalue weighted by Crippen LogP contribution is 2.03. The van der Waals surface area contributed by atoms with Crippen LogP contribution < -0.4 is 5.73 Å². The lowest BCUT2D eigenvalue weighted by Crippen LogP contribution is -2.40. The molecule has 0 rings (SSSR count). The van der Waals surface area contributed by atoms with Crippen molar-refractivity contribution < 1.29 is 0 Å². The molecule has 0 unspecified atom stereocenters. The van der Waals surface area contributed by atoms with E-state index in [-0.39, 0.29) is 0 Å². The highest BCUT2D eigenvalue weighted by atomic mass is 15.2. The van der Waals surface area contributed by atoms with Crippen LogP contribution in [0.5, 0.6) is 0 Å². The molecule has 0 aliphatic heterocycles. The molecule has 2 nitrogen and oxygen atoms in total. The van der Waals surface area contributed by atoms with Crippen molar-refractivity contribution in [2.45, 2.75) is 59.0 Å². The summed E-state index contributed by atoms with van der Waals surface area (Å²) in [6.45, 7) is 11.0. The van der Waals surface area contributed by atoms with Crippen molar-refractivity contribution in [2.24, 2.45) is 5.73 Å². The van der Waals surface area contributed by atoms with Gasteiger partial charge in [0, 0.05) is 18.6 Å². The third-order valence-corrected chi connectivity index (χ3v) is 2.30. The maximum atomic E-state index is 5.79. The summed E-state index contributed by atoms with van der Waals surface area (Å²) in [5, 5.41) is 0. The first-order chi connectivity index (χ1) is 6.07. The van der Waals surface area contributed by atoms with Gasteiger partial charge < -0.3 is 5.73 Å². The van der Waals surface area contributed by atoms with Crippen molar-refractivity contribution in [1.29, 1.82) is 0 Å². The van der Waals surface area contributed by atoms with E-state index in [0.717, 1.165) is 6.54 Å². The number of nitrogens with zero attached hydrogens (tertiary/aromatic N) is 1. The summed E-state index contributed by atoms with van der Waals surface area (Å²) in [6, 6.07) is 0.923. The monoisotopic (exact) mass is 186 g/mol. The molecule has 2 N–H and O–H groups in total. The highest BCUT2D eigenvalue weighted by molar-refractivity contribution is 4.67.